The lowest BCUT2D eigenvalue weighted by molar-refractivity contribution is 0.0981. The van der Waals surface area contributed by atoms with Crippen LogP contribution in [0.4, 0.5) is 5.69 Å². The van der Waals surface area contributed by atoms with Crippen LogP contribution >= 0.6 is 11.6 Å². The summed E-state index contributed by atoms with van der Waals surface area (Å²) in [6, 6.07) is 27.9. The van der Waals surface area contributed by atoms with E-state index in [-0.39, 0.29) is 21.2 Å². The van der Waals surface area contributed by atoms with Crippen molar-refractivity contribution in [3.63, 3.8) is 0 Å². The van der Waals surface area contributed by atoms with Gasteiger partial charge in [0.2, 0.25) is 0 Å². The van der Waals surface area contributed by atoms with Crippen molar-refractivity contribution in [2.24, 2.45) is 0 Å². The van der Waals surface area contributed by atoms with Gasteiger partial charge in [0.1, 0.15) is 5.82 Å². The molecule has 5 rings (SSSR count). The van der Waals surface area contributed by atoms with Gasteiger partial charge < -0.3 is 5.32 Å². The van der Waals surface area contributed by atoms with Crippen LogP contribution in [0.15, 0.2) is 107 Å². The van der Waals surface area contributed by atoms with Crippen molar-refractivity contribution in [2.45, 2.75) is 63.8 Å². The SMILES string of the molecule is CCCCCNc1cccc(-n2nc(CCCC)n(Cc3ccc(-c4ccccc4S(=O)(=O)NC(=O)c4ccccc4Cl)cc3)c2=O)c1. The third-order valence-corrected chi connectivity index (χ3v) is 9.74. The Morgan fingerprint density at radius 1 is 0.854 bits per heavy atom. The zero-order valence-electron chi connectivity index (χ0n) is 27.2. The molecule has 0 bridgehead atoms. The first-order valence-electron chi connectivity index (χ1n) is 16.2. The number of carbonyl (C=O) groups excluding carboxylic acids is 1. The molecule has 0 spiro atoms. The highest BCUT2D eigenvalue weighted by Crippen LogP contribution is 2.28. The monoisotopic (exact) mass is 685 g/mol. The van der Waals surface area contributed by atoms with Gasteiger partial charge in [-0.1, -0.05) is 105 Å². The lowest BCUT2D eigenvalue weighted by Gasteiger charge is -2.13. The third-order valence-electron chi connectivity index (χ3n) is 8.02. The lowest BCUT2D eigenvalue weighted by atomic mass is 10.0. The van der Waals surface area contributed by atoms with Crippen molar-refractivity contribution in [3.8, 4) is 16.8 Å². The molecule has 0 aliphatic heterocycles. The van der Waals surface area contributed by atoms with Gasteiger partial charge in [0, 0.05) is 24.2 Å². The Kier molecular flexibility index (Phi) is 11.5. The van der Waals surface area contributed by atoms with Crippen LogP contribution in [0, 0.1) is 0 Å². The quantitative estimate of drug-likeness (QED) is 0.111. The fraction of sp³-hybridized carbons (Fsp3) is 0.270. The number of benzene rings is 4. The van der Waals surface area contributed by atoms with Gasteiger partial charge in [-0.05, 0) is 60.4 Å². The smallest absolute Gasteiger partial charge is 0.351 e. The first kappa shape index (κ1) is 34.7. The molecule has 1 amide bonds. The van der Waals surface area contributed by atoms with Crippen molar-refractivity contribution in [1.82, 2.24) is 19.1 Å². The van der Waals surface area contributed by atoms with Gasteiger partial charge in [0.05, 0.1) is 27.7 Å². The number of hydrogen-bond acceptors (Lipinski definition) is 6. The molecule has 2 N–H and O–H groups in total. The standard InChI is InChI=1S/C37H40ClN5O4S/c1-3-5-11-24-39-29-13-12-14-30(25-29)43-37(45)42(35(40-43)19-6-4-2)26-27-20-22-28(23-21-27)31-15-8-10-18-34(31)48(46,47)41-36(44)32-16-7-9-17-33(32)38/h7-10,12-18,20-23,25,39H,3-6,11,19,24,26H2,1-2H3,(H,41,44). The predicted octanol–water partition coefficient (Wildman–Crippen LogP) is 7.47. The Labute approximate surface area is 286 Å². The van der Waals surface area contributed by atoms with Gasteiger partial charge in [0.25, 0.3) is 15.9 Å². The third kappa shape index (κ3) is 8.24. The molecule has 0 fully saturated rings. The molecule has 0 aliphatic carbocycles. The summed E-state index contributed by atoms with van der Waals surface area (Å²) in [6.07, 6.45) is 5.92. The van der Waals surface area contributed by atoms with Crippen LogP contribution in [-0.4, -0.2) is 35.2 Å². The number of nitrogens with zero attached hydrogens (tertiary/aromatic N) is 3. The van der Waals surface area contributed by atoms with Gasteiger partial charge in [-0.2, -0.15) is 4.68 Å². The molecule has 0 saturated heterocycles. The topological polar surface area (TPSA) is 115 Å². The lowest BCUT2D eigenvalue weighted by Crippen LogP contribution is -2.31. The first-order chi connectivity index (χ1) is 23.2. The van der Waals surface area contributed by atoms with Crippen molar-refractivity contribution in [3.05, 3.63) is 130 Å². The van der Waals surface area contributed by atoms with Crippen LogP contribution in [0.25, 0.3) is 16.8 Å². The number of carbonyl (C=O) groups is 1. The van der Waals surface area contributed by atoms with Crippen LogP contribution in [0.5, 0.6) is 0 Å². The minimum atomic E-state index is -4.24. The number of rotatable bonds is 15. The zero-order chi connectivity index (χ0) is 34.1. The highest BCUT2D eigenvalue weighted by atomic mass is 35.5. The summed E-state index contributed by atoms with van der Waals surface area (Å²) >= 11 is 6.12. The van der Waals surface area contributed by atoms with Crippen LogP contribution in [0.2, 0.25) is 5.02 Å². The highest BCUT2D eigenvalue weighted by Gasteiger charge is 2.23. The molecular formula is C37H40ClN5O4S. The van der Waals surface area contributed by atoms with Crippen LogP contribution in [0.3, 0.4) is 0 Å². The Morgan fingerprint density at radius 3 is 2.33 bits per heavy atom. The number of amides is 1. The molecule has 250 valence electrons. The molecule has 11 heteroatoms. The molecule has 5 aromatic rings. The summed E-state index contributed by atoms with van der Waals surface area (Å²) in [7, 11) is -4.24. The Bertz CT molecular complexity index is 2040. The van der Waals surface area contributed by atoms with Gasteiger partial charge >= 0.3 is 5.69 Å². The number of unbranched alkanes of at least 4 members (excludes halogenated alkanes) is 3. The summed E-state index contributed by atoms with van der Waals surface area (Å²) in [5, 5.41) is 8.34. The maximum atomic E-state index is 13.8. The number of hydrogen-bond donors (Lipinski definition) is 2. The average molecular weight is 686 g/mol. The molecule has 0 radical (unpaired) electrons. The second-order valence-corrected chi connectivity index (χ2v) is 13.7. The molecular weight excluding hydrogens is 646 g/mol. The zero-order valence-corrected chi connectivity index (χ0v) is 28.7. The highest BCUT2D eigenvalue weighted by molar-refractivity contribution is 7.90. The molecule has 0 aliphatic rings. The van der Waals surface area contributed by atoms with E-state index in [1.807, 2.05) is 48.5 Å². The summed E-state index contributed by atoms with van der Waals surface area (Å²) in [5.41, 5.74) is 3.42. The van der Waals surface area contributed by atoms with E-state index in [0.717, 1.165) is 49.9 Å². The van der Waals surface area contributed by atoms with Gasteiger partial charge in [0.15, 0.2) is 0 Å². The molecule has 1 heterocycles. The maximum absolute atomic E-state index is 13.8. The van der Waals surface area contributed by atoms with Gasteiger partial charge in [-0.15, -0.1) is 5.10 Å². The molecule has 0 atom stereocenters. The molecule has 4 aromatic carbocycles. The number of sulfonamides is 1. The molecule has 1 aromatic heterocycles. The van der Waals surface area contributed by atoms with Crippen LogP contribution in [-0.2, 0) is 23.0 Å². The van der Waals surface area contributed by atoms with E-state index in [0.29, 0.717) is 35.6 Å². The minimum Gasteiger partial charge on any atom is -0.385 e. The molecule has 9 nitrogen and oxygen atoms in total. The molecule has 48 heavy (non-hydrogen) atoms. The summed E-state index contributed by atoms with van der Waals surface area (Å²) in [5.74, 6) is -0.108. The van der Waals surface area contributed by atoms with Crippen LogP contribution in [0.1, 0.15) is 67.7 Å². The normalized spacial score (nSPS) is 11.4. The van der Waals surface area contributed by atoms with E-state index < -0.39 is 15.9 Å². The first-order valence-corrected chi connectivity index (χ1v) is 18.1. The van der Waals surface area contributed by atoms with E-state index in [4.69, 9.17) is 16.7 Å². The second-order valence-electron chi connectivity index (χ2n) is 11.6. The van der Waals surface area contributed by atoms with E-state index in [2.05, 4.69) is 23.9 Å². The van der Waals surface area contributed by atoms with E-state index in [1.54, 1.807) is 34.9 Å². The summed E-state index contributed by atoms with van der Waals surface area (Å²) < 4.78 is 32.1. The fourth-order valence-corrected chi connectivity index (χ4v) is 6.85. The van der Waals surface area contributed by atoms with Crippen molar-refractivity contribution >= 4 is 33.2 Å². The van der Waals surface area contributed by atoms with E-state index in [9.17, 15) is 18.0 Å². The number of aryl methyl sites for hydroxylation is 1. The summed E-state index contributed by atoms with van der Waals surface area (Å²) in [4.78, 5) is 26.5. The van der Waals surface area contributed by atoms with Crippen molar-refractivity contribution in [2.75, 3.05) is 11.9 Å². The average Bonchev–Trinajstić information content (AvgIpc) is 3.40. The van der Waals surface area contributed by atoms with E-state index >= 15 is 0 Å². The molecule has 0 unspecified atom stereocenters. The number of aromatic nitrogens is 3. The van der Waals surface area contributed by atoms with Gasteiger partial charge in [-0.3, -0.25) is 9.36 Å². The Hall–Kier alpha value is -4.67. The number of anilines is 1. The van der Waals surface area contributed by atoms with Crippen molar-refractivity contribution in [1.29, 1.82) is 0 Å². The summed E-state index contributed by atoms with van der Waals surface area (Å²) in [6.45, 7) is 5.45. The van der Waals surface area contributed by atoms with Crippen LogP contribution < -0.4 is 15.7 Å². The van der Waals surface area contributed by atoms with Gasteiger partial charge in [-0.25, -0.2) is 17.9 Å². The van der Waals surface area contributed by atoms with E-state index in [1.165, 1.54) is 22.9 Å². The molecule has 0 saturated carbocycles. The maximum Gasteiger partial charge on any atom is 0.351 e. The Morgan fingerprint density at radius 2 is 1.58 bits per heavy atom. The fourth-order valence-electron chi connectivity index (χ4n) is 5.43. The Balaban J connectivity index is 1.39. The van der Waals surface area contributed by atoms with Crippen molar-refractivity contribution < 1.29 is 13.2 Å². The number of halogens is 1. The minimum absolute atomic E-state index is 0.0421. The largest absolute Gasteiger partial charge is 0.385 e. The number of nitrogens with one attached hydrogen (secondary N) is 2. The second kappa shape index (κ2) is 16.0. The predicted molar refractivity (Wildman–Crippen MR) is 192 cm³/mol.